The second kappa shape index (κ2) is 19.1. The van der Waals surface area contributed by atoms with Crippen molar-refractivity contribution in [1.29, 1.82) is 0 Å². The van der Waals surface area contributed by atoms with Crippen LogP contribution in [0.3, 0.4) is 0 Å². The summed E-state index contributed by atoms with van der Waals surface area (Å²) in [6, 6.07) is 0.331. The van der Waals surface area contributed by atoms with Gasteiger partial charge in [0.25, 0.3) is 0 Å². The highest BCUT2D eigenvalue weighted by Crippen LogP contribution is 2.54. The predicted molar refractivity (Wildman–Crippen MR) is 214 cm³/mol. The number of ketones is 1. The van der Waals surface area contributed by atoms with Gasteiger partial charge in [-0.25, -0.2) is 0 Å². The number of carbonyl (C=O) groups excluding carboxylic acids is 2. The maximum absolute atomic E-state index is 14.7. The lowest BCUT2D eigenvalue weighted by Gasteiger charge is -2.44. The summed E-state index contributed by atoms with van der Waals surface area (Å²) in [5, 5.41) is 0. The quantitative estimate of drug-likeness (QED) is 0.144. The summed E-state index contributed by atoms with van der Waals surface area (Å²) in [5.74, 6) is -0.167. The Balaban J connectivity index is 1.21. The Kier molecular flexibility index (Phi) is 15.0. The van der Waals surface area contributed by atoms with Gasteiger partial charge in [0.2, 0.25) is 4.38 Å². The van der Waals surface area contributed by atoms with E-state index in [0.29, 0.717) is 16.8 Å². The minimum Gasteiger partial charge on any atom is -0.467 e. The molecule has 0 aromatic rings. The summed E-state index contributed by atoms with van der Waals surface area (Å²) in [4.78, 5) is 30.5. The molecule has 17 atom stereocenters. The van der Waals surface area contributed by atoms with Gasteiger partial charge in [-0.1, -0.05) is 43.8 Å². The zero-order valence-electron chi connectivity index (χ0n) is 34.3. The third-order valence-electron chi connectivity index (χ3n) is 13.4. The van der Waals surface area contributed by atoms with Crippen LogP contribution in [0.15, 0.2) is 23.8 Å². The number of nitrogens with zero attached hydrogens (tertiary/aromatic N) is 1. The lowest BCUT2D eigenvalue weighted by atomic mass is 9.70. The van der Waals surface area contributed by atoms with Crippen LogP contribution in [-0.4, -0.2) is 123 Å². The fourth-order valence-corrected chi connectivity index (χ4v) is 10.8. The number of thiocarbonyl (C=S) groups is 1. The molecule has 0 amide bonds. The van der Waals surface area contributed by atoms with Gasteiger partial charge in [0.1, 0.15) is 18.3 Å². The molecule has 0 aromatic heterocycles. The second-order valence-electron chi connectivity index (χ2n) is 16.8. The summed E-state index contributed by atoms with van der Waals surface area (Å²) < 4.78 is 50.6. The summed E-state index contributed by atoms with van der Waals surface area (Å²) in [5.41, 5.74) is 0.749. The first-order valence-electron chi connectivity index (χ1n) is 20.6. The summed E-state index contributed by atoms with van der Waals surface area (Å²) in [7, 11) is 7.46. The number of cyclic esters (lactones) is 1. The fourth-order valence-electron chi connectivity index (χ4n) is 10.4. The van der Waals surface area contributed by atoms with Crippen LogP contribution in [-0.2, 0) is 47.5 Å². The summed E-state index contributed by atoms with van der Waals surface area (Å²) >= 11 is 6.81. The largest absolute Gasteiger partial charge is 0.467 e. The number of carbonyl (C=O) groups is 2. The standard InChI is InChI=1S/C42H65NO10S2/c1-10-26-12-11-13-34(52-36-17-16-33(43(5)6)23(3)48-36)22(2)37(45)32-20-30-28(31(32)21-35(44)50-26)15-14-25-18-27(19-29(25)30)51-41-40(53-42(54)55-9)39(47-8)38(46-7)24(4)49-41/h14-15,20,22-31,33-34,36,38-41H,10-13,16-19,21H2,1-9H3/t22-,23+,24-,25+,26+,27+,28+,29+,30+,31-,33-,34-,36-,38-,39+,40+,41-/m0/s1. The highest BCUT2D eigenvalue weighted by Gasteiger charge is 2.53. The first-order valence-corrected chi connectivity index (χ1v) is 22.2. The molecule has 3 heterocycles. The van der Waals surface area contributed by atoms with Crippen molar-refractivity contribution in [2.24, 2.45) is 35.5 Å². The monoisotopic (exact) mass is 807 g/mol. The average molecular weight is 808 g/mol. The van der Waals surface area contributed by atoms with Crippen LogP contribution in [0.2, 0.25) is 0 Å². The van der Waals surface area contributed by atoms with Gasteiger partial charge in [0.15, 0.2) is 24.5 Å². The molecule has 11 nitrogen and oxygen atoms in total. The van der Waals surface area contributed by atoms with Crippen molar-refractivity contribution in [1.82, 2.24) is 4.90 Å². The third-order valence-corrected chi connectivity index (χ3v) is 14.4. The lowest BCUT2D eigenvalue weighted by molar-refractivity contribution is -0.306. The van der Waals surface area contributed by atoms with E-state index in [-0.39, 0.29) is 96.6 Å². The number of esters is 1. The van der Waals surface area contributed by atoms with Crippen molar-refractivity contribution in [3.8, 4) is 0 Å². The fraction of sp³-hybridized carbons (Fsp3) is 0.833. The Labute approximate surface area is 338 Å². The molecule has 6 rings (SSSR count). The van der Waals surface area contributed by atoms with Crippen LogP contribution in [0.4, 0.5) is 0 Å². The van der Waals surface area contributed by atoms with Crippen LogP contribution < -0.4 is 0 Å². The second-order valence-corrected chi connectivity index (χ2v) is 18.2. The van der Waals surface area contributed by atoms with Gasteiger partial charge in [-0.2, -0.15) is 0 Å². The normalized spacial score (nSPS) is 43.7. The van der Waals surface area contributed by atoms with Crippen molar-refractivity contribution in [2.45, 2.75) is 153 Å². The average Bonchev–Trinajstić information content (AvgIpc) is 3.74. The van der Waals surface area contributed by atoms with Gasteiger partial charge in [-0.05, 0) is 127 Å². The summed E-state index contributed by atoms with van der Waals surface area (Å²) in [6.45, 7) is 8.14. The number of methoxy groups -OCH3 is 2. The minimum absolute atomic E-state index is 0.0212. The number of rotatable bonds is 9. The molecule has 0 radical (unpaired) electrons. The third kappa shape index (κ3) is 9.57. The molecule has 0 bridgehead atoms. The SMILES string of the molecule is CC[C@@H]1CCC[C@H](O[C@H]2CC[C@H](N(C)C)[C@@H](C)O2)[C@H](C)C(=O)C2=C[C@@H]3[C@@H](C=C[C@@H]4C[C@@H](O[C@@H]5O[C@@H](C)[C@H](OC)[C@@H](OC)[C@H]5OC(=S)SC)C[C@@H]34)[C@@H]2CC(=O)O1. The van der Waals surface area contributed by atoms with Gasteiger partial charge in [-0.15, -0.1) is 0 Å². The minimum atomic E-state index is -0.705. The molecule has 0 unspecified atom stereocenters. The van der Waals surface area contributed by atoms with Gasteiger partial charge >= 0.3 is 5.97 Å². The topological polar surface area (TPSA) is 111 Å². The van der Waals surface area contributed by atoms with E-state index in [1.165, 1.54) is 11.8 Å². The van der Waals surface area contributed by atoms with Gasteiger partial charge in [-0.3, -0.25) is 9.59 Å². The molecule has 3 saturated heterocycles. The molecule has 1 saturated carbocycles. The van der Waals surface area contributed by atoms with Gasteiger partial charge < -0.3 is 42.8 Å². The Morgan fingerprint density at radius 3 is 2.36 bits per heavy atom. The highest BCUT2D eigenvalue weighted by atomic mass is 32.2. The Hall–Kier alpha value is -1.42. The van der Waals surface area contributed by atoms with Crippen molar-refractivity contribution in [3.63, 3.8) is 0 Å². The zero-order valence-corrected chi connectivity index (χ0v) is 35.9. The van der Waals surface area contributed by atoms with Crippen molar-refractivity contribution >= 4 is 40.1 Å². The molecule has 3 aliphatic heterocycles. The summed E-state index contributed by atoms with van der Waals surface area (Å²) in [6.07, 6.45) is 11.9. The van der Waals surface area contributed by atoms with E-state index >= 15 is 0 Å². The Bertz CT molecular complexity index is 1410. The number of ether oxygens (including phenoxy) is 8. The van der Waals surface area contributed by atoms with E-state index in [4.69, 9.17) is 50.1 Å². The molecule has 4 fully saturated rings. The number of likely N-dealkylation sites (N-methyl/N-ethyl adjacent to an activating group) is 1. The van der Waals surface area contributed by atoms with E-state index in [2.05, 4.69) is 51.1 Å². The first-order chi connectivity index (χ1) is 26.4. The molecule has 6 aliphatic rings. The Morgan fingerprint density at radius 2 is 1.69 bits per heavy atom. The van der Waals surface area contributed by atoms with E-state index in [1.807, 2.05) is 20.1 Å². The molecule has 3 aliphatic carbocycles. The molecule has 0 spiro atoms. The van der Waals surface area contributed by atoms with E-state index in [0.717, 1.165) is 50.5 Å². The van der Waals surface area contributed by atoms with Crippen LogP contribution in [0.5, 0.6) is 0 Å². The van der Waals surface area contributed by atoms with Crippen LogP contribution in [0.25, 0.3) is 0 Å². The highest BCUT2D eigenvalue weighted by molar-refractivity contribution is 8.22. The van der Waals surface area contributed by atoms with Crippen LogP contribution in [0.1, 0.15) is 85.5 Å². The molecular formula is C42H65NO10S2. The number of fused-ring (bicyclic) bond motifs is 5. The maximum atomic E-state index is 14.7. The molecule has 0 N–H and O–H groups in total. The van der Waals surface area contributed by atoms with Crippen molar-refractivity contribution in [2.75, 3.05) is 34.6 Å². The smallest absolute Gasteiger partial charge is 0.306 e. The Morgan fingerprint density at radius 1 is 0.927 bits per heavy atom. The van der Waals surface area contributed by atoms with Crippen LogP contribution in [0, 0.1) is 35.5 Å². The number of hydrogen-bond donors (Lipinski definition) is 0. The van der Waals surface area contributed by atoms with E-state index in [1.54, 1.807) is 14.2 Å². The zero-order chi connectivity index (χ0) is 39.6. The molecule has 310 valence electrons. The van der Waals surface area contributed by atoms with E-state index in [9.17, 15) is 9.59 Å². The number of Topliss-reactive ketones (excluding diaryl/α,β-unsaturated/α-hetero) is 1. The van der Waals surface area contributed by atoms with Crippen molar-refractivity contribution in [3.05, 3.63) is 23.8 Å². The van der Waals surface area contributed by atoms with Gasteiger partial charge in [0, 0.05) is 32.1 Å². The molecule has 13 heteroatoms. The molecule has 0 aromatic carbocycles. The van der Waals surface area contributed by atoms with E-state index < -0.39 is 18.5 Å². The van der Waals surface area contributed by atoms with Crippen LogP contribution >= 0.6 is 24.0 Å². The predicted octanol–water partition coefficient (Wildman–Crippen LogP) is 6.51. The van der Waals surface area contributed by atoms with Crippen molar-refractivity contribution < 1.29 is 47.5 Å². The lowest BCUT2D eigenvalue weighted by Crippen LogP contribution is -2.60. The maximum Gasteiger partial charge on any atom is 0.306 e. The molecule has 55 heavy (non-hydrogen) atoms. The van der Waals surface area contributed by atoms with Gasteiger partial charge in [0.05, 0.1) is 30.8 Å². The first kappa shape index (κ1) is 43.2. The molecular weight excluding hydrogens is 743 g/mol. The number of hydrogen-bond acceptors (Lipinski definition) is 13. The number of thioether (sulfide) groups is 1. The number of allylic oxidation sites excluding steroid dienone is 4.